The van der Waals surface area contributed by atoms with Crippen LogP contribution < -0.4 is 15.9 Å². The van der Waals surface area contributed by atoms with Crippen LogP contribution in [0.15, 0.2) is 126 Å². The largest absolute Gasteiger partial charge is 0.360 e. The molecule has 2 nitrogen and oxygen atoms in total. The Kier molecular flexibility index (Phi) is 4.49. The first kappa shape index (κ1) is 19.7. The Balaban J connectivity index is 1.54. The van der Waals surface area contributed by atoms with E-state index in [9.17, 15) is 0 Å². The molecule has 0 aromatic heterocycles. The normalized spacial score (nSPS) is 12.9. The zero-order chi connectivity index (χ0) is 23.2. The molecule has 0 aliphatic carbocycles. The Bertz CT molecular complexity index is 1970. The van der Waals surface area contributed by atoms with Gasteiger partial charge in [0.05, 0.1) is 11.0 Å². The monoisotopic (exact) mass is 446 g/mol. The van der Waals surface area contributed by atoms with Crippen molar-refractivity contribution in [2.75, 3.05) is 5.32 Å². The lowest BCUT2D eigenvalue weighted by atomic mass is 10.1. The Labute approximate surface area is 202 Å². The highest BCUT2D eigenvalue weighted by Gasteiger charge is 2.10. The predicted molar refractivity (Wildman–Crippen MR) is 149 cm³/mol. The second-order valence-corrected chi connectivity index (χ2v) is 8.90. The molecular formula is C33H22N2. The summed E-state index contributed by atoms with van der Waals surface area (Å²) in [6.07, 6.45) is 2.13. The van der Waals surface area contributed by atoms with E-state index < -0.39 is 0 Å². The first-order chi connectivity index (χ1) is 17.4. The Morgan fingerprint density at radius 1 is 0.486 bits per heavy atom. The van der Waals surface area contributed by atoms with E-state index >= 15 is 0 Å². The van der Waals surface area contributed by atoms with Crippen LogP contribution in [0.2, 0.25) is 0 Å². The fraction of sp³-hybridized carbons (Fsp3) is 0. The molecule has 0 atom stereocenters. The molecule has 164 valence electrons. The fourth-order valence-corrected chi connectivity index (χ4v) is 5.23. The van der Waals surface area contributed by atoms with Gasteiger partial charge >= 0.3 is 0 Å². The van der Waals surface area contributed by atoms with Crippen LogP contribution in [0.5, 0.6) is 0 Å². The first-order valence-corrected chi connectivity index (χ1v) is 11.9. The van der Waals surface area contributed by atoms with Gasteiger partial charge in [-0.3, -0.25) is 0 Å². The standard InChI is InChI=1S/C33H22N2/c1-3-15-25-22(9-1)11-7-19-30(25)34-21-29-27-17-5-13-24-14-6-18-28(32(24)27)33(29)35-31-20-8-12-23-10-2-4-16-26(23)31/h1-21,34H/b29-21+,35-33?. The molecule has 0 fully saturated rings. The molecule has 0 radical (unpaired) electrons. The zero-order valence-electron chi connectivity index (χ0n) is 19.1. The number of rotatable bonds is 3. The van der Waals surface area contributed by atoms with E-state index in [4.69, 9.17) is 4.99 Å². The molecule has 0 saturated heterocycles. The highest BCUT2D eigenvalue weighted by molar-refractivity contribution is 6.12. The van der Waals surface area contributed by atoms with E-state index in [-0.39, 0.29) is 0 Å². The summed E-state index contributed by atoms with van der Waals surface area (Å²) in [7, 11) is 0. The number of hydrogen-bond acceptors (Lipinski definition) is 2. The van der Waals surface area contributed by atoms with Crippen LogP contribution in [0.4, 0.5) is 11.4 Å². The lowest BCUT2D eigenvalue weighted by molar-refractivity contribution is 1.38. The highest BCUT2D eigenvalue weighted by Crippen LogP contribution is 2.27. The van der Waals surface area contributed by atoms with Crippen molar-refractivity contribution in [1.82, 2.24) is 0 Å². The minimum atomic E-state index is 0.985. The SMILES string of the molecule is C(/Nc1cccc2ccccc12)=c1\c(=Nc2cccc3ccccc23)c2cccc3cccc1c32. The van der Waals surface area contributed by atoms with E-state index in [1.54, 1.807) is 0 Å². The first-order valence-electron chi connectivity index (χ1n) is 11.9. The summed E-state index contributed by atoms with van der Waals surface area (Å²) in [6.45, 7) is 0. The van der Waals surface area contributed by atoms with Crippen LogP contribution in [-0.4, -0.2) is 0 Å². The molecule has 7 aromatic rings. The van der Waals surface area contributed by atoms with Gasteiger partial charge in [-0.05, 0) is 39.1 Å². The van der Waals surface area contributed by atoms with Gasteiger partial charge in [0.25, 0.3) is 0 Å². The summed E-state index contributed by atoms with van der Waals surface area (Å²) < 4.78 is 0. The molecule has 2 heteroatoms. The molecule has 35 heavy (non-hydrogen) atoms. The summed E-state index contributed by atoms with van der Waals surface area (Å²) in [4.78, 5) is 5.29. The van der Waals surface area contributed by atoms with E-state index in [0.717, 1.165) is 27.3 Å². The van der Waals surface area contributed by atoms with Crippen LogP contribution in [0.3, 0.4) is 0 Å². The van der Waals surface area contributed by atoms with Crippen LogP contribution in [-0.2, 0) is 0 Å². The van der Waals surface area contributed by atoms with Gasteiger partial charge in [-0.15, -0.1) is 0 Å². The van der Waals surface area contributed by atoms with Crippen LogP contribution in [0.1, 0.15) is 0 Å². The lowest BCUT2D eigenvalue weighted by Crippen LogP contribution is -2.22. The van der Waals surface area contributed by atoms with Gasteiger partial charge in [0.2, 0.25) is 0 Å². The molecular weight excluding hydrogens is 424 g/mol. The third kappa shape index (κ3) is 3.23. The molecule has 0 heterocycles. The minimum absolute atomic E-state index is 0.985. The second-order valence-electron chi connectivity index (χ2n) is 8.90. The topological polar surface area (TPSA) is 24.4 Å². The van der Waals surface area contributed by atoms with Gasteiger partial charge in [-0.1, -0.05) is 109 Å². The summed E-state index contributed by atoms with van der Waals surface area (Å²) in [5.74, 6) is 0. The fourth-order valence-electron chi connectivity index (χ4n) is 5.23. The van der Waals surface area contributed by atoms with Gasteiger partial charge in [0, 0.05) is 33.3 Å². The Morgan fingerprint density at radius 2 is 1.06 bits per heavy atom. The second kappa shape index (κ2) is 7.96. The number of benzene rings is 6. The van der Waals surface area contributed by atoms with Crippen molar-refractivity contribution in [3.63, 3.8) is 0 Å². The van der Waals surface area contributed by atoms with Gasteiger partial charge < -0.3 is 5.32 Å². The number of fused-ring (bicyclic) bond motifs is 2. The van der Waals surface area contributed by atoms with E-state index in [2.05, 4.69) is 133 Å². The molecule has 0 spiro atoms. The highest BCUT2D eigenvalue weighted by atomic mass is 14.8. The van der Waals surface area contributed by atoms with E-state index in [1.807, 2.05) is 0 Å². The van der Waals surface area contributed by atoms with Gasteiger partial charge in [-0.25, -0.2) is 4.99 Å². The van der Waals surface area contributed by atoms with Crippen molar-refractivity contribution in [1.29, 1.82) is 0 Å². The maximum atomic E-state index is 5.29. The van der Waals surface area contributed by atoms with E-state index in [1.165, 1.54) is 37.7 Å². The third-order valence-corrected chi connectivity index (χ3v) is 6.87. The van der Waals surface area contributed by atoms with Crippen molar-refractivity contribution < 1.29 is 0 Å². The quantitative estimate of drug-likeness (QED) is 0.298. The average molecular weight is 447 g/mol. The maximum Gasteiger partial charge on any atom is 0.0809 e. The maximum absolute atomic E-state index is 5.29. The minimum Gasteiger partial charge on any atom is -0.360 e. The predicted octanol–water partition coefficient (Wildman–Crippen LogP) is 7.54. The average Bonchev–Trinajstić information content (AvgIpc) is 3.21. The number of nitrogens with zero attached hydrogens (tertiary/aromatic N) is 1. The van der Waals surface area contributed by atoms with Crippen molar-refractivity contribution >= 4 is 60.7 Å². The van der Waals surface area contributed by atoms with Crippen molar-refractivity contribution in [2.24, 2.45) is 4.99 Å². The molecule has 1 N–H and O–H groups in total. The Morgan fingerprint density at radius 3 is 1.89 bits per heavy atom. The van der Waals surface area contributed by atoms with Crippen molar-refractivity contribution in [3.05, 3.63) is 132 Å². The molecule has 0 aliphatic rings. The third-order valence-electron chi connectivity index (χ3n) is 6.87. The Hall–Kier alpha value is -4.69. The summed E-state index contributed by atoms with van der Waals surface area (Å²) in [6, 6.07) is 42.6. The van der Waals surface area contributed by atoms with Crippen LogP contribution in [0, 0.1) is 0 Å². The van der Waals surface area contributed by atoms with E-state index in [0.29, 0.717) is 0 Å². The molecule has 7 rings (SSSR count). The molecule has 0 saturated carbocycles. The molecule has 7 aromatic carbocycles. The zero-order valence-corrected chi connectivity index (χ0v) is 19.1. The molecule has 0 amide bonds. The van der Waals surface area contributed by atoms with Gasteiger partial charge in [0.15, 0.2) is 0 Å². The summed E-state index contributed by atoms with van der Waals surface area (Å²) >= 11 is 0. The number of anilines is 1. The molecule has 0 aliphatic heterocycles. The van der Waals surface area contributed by atoms with Crippen LogP contribution >= 0.6 is 0 Å². The van der Waals surface area contributed by atoms with Crippen molar-refractivity contribution in [2.45, 2.75) is 0 Å². The molecule has 0 bridgehead atoms. The smallest absolute Gasteiger partial charge is 0.0809 e. The summed E-state index contributed by atoms with van der Waals surface area (Å²) in [5, 5.41) is 15.4. The summed E-state index contributed by atoms with van der Waals surface area (Å²) in [5.41, 5.74) is 2.07. The number of nitrogens with one attached hydrogen (secondary N) is 1. The molecule has 0 unspecified atom stereocenters. The van der Waals surface area contributed by atoms with Gasteiger partial charge in [-0.2, -0.15) is 0 Å². The van der Waals surface area contributed by atoms with Gasteiger partial charge in [0.1, 0.15) is 0 Å². The number of hydrogen-bond donors (Lipinski definition) is 1. The lowest BCUT2D eigenvalue weighted by Gasteiger charge is -2.06. The van der Waals surface area contributed by atoms with Crippen molar-refractivity contribution in [3.8, 4) is 0 Å². The van der Waals surface area contributed by atoms with Crippen LogP contribution in [0.25, 0.3) is 49.3 Å².